The van der Waals surface area contributed by atoms with E-state index in [0.29, 0.717) is 11.3 Å². The molecule has 0 aromatic heterocycles. The monoisotopic (exact) mass is 380 g/mol. The summed E-state index contributed by atoms with van der Waals surface area (Å²) in [5, 5.41) is 0. The standard InChI is InChI=1S/C21H20N2O3S/c1-16-11-13-19(14-12-16)23(2)21(24)17-7-6-8-18(15-17)22-27(25,26)20-9-4-3-5-10-20/h3-15,22H,1-2H3. The van der Waals surface area contributed by atoms with Crippen molar-refractivity contribution < 1.29 is 13.2 Å². The topological polar surface area (TPSA) is 66.5 Å². The van der Waals surface area contributed by atoms with Crippen LogP contribution in [0, 0.1) is 6.92 Å². The summed E-state index contributed by atoms with van der Waals surface area (Å²) in [5.74, 6) is -0.223. The fourth-order valence-corrected chi connectivity index (χ4v) is 3.68. The molecule has 3 rings (SSSR count). The number of hydrogen-bond donors (Lipinski definition) is 1. The Labute approximate surface area is 159 Å². The zero-order valence-electron chi connectivity index (χ0n) is 15.1. The summed E-state index contributed by atoms with van der Waals surface area (Å²) in [6.45, 7) is 1.98. The first-order valence-electron chi connectivity index (χ1n) is 8.39. The van der Waals surface area contributed by atoms with Gasteiger partial charge in [0.2, 0.25) is 0 Å². The highest BCUT2D eigenvalue weighted by Gasteiger charge is 2.17. The molecule has 0 aliphatic carbocycles. The van der Waals surface area contributed by atoms with Crippen molar-refractivity contribution in [3.63, 3.8) is 0 Å². The van der Waals surface area contributed by atoms with Crippen LogP contribution in [0.15, 0.2) is 83.8 Å². The molecule has 0 heterocycles. The van der Waals surface area contributed by atoms with E-state index in [1.54, 1.807) is 43.4 Å². The summed E-state index contributed by atoms with van der Waals surface area (Å²) in [6, 6.07) is 22.2. The van der Waals surface area contributed by atoms with Crippen LogP contribution in [-0.2, 0) is 10.0 Å². The Bertz CT molecular complexity index is 1050. The first kappa shape index (κ1) is 18.7. The maximum absolute atomic E-state index is 12.8. The second kappa shape index (κ2) is 7.63. The third-order valence-electron chi connectivity index (χ3n) is 4.14. The molecule has 1 N–H and O–H groups in total. The summed E-state index contributed by atoms with van der Waals surface area (Å²) in [5.41, 5.74) is 2.60. The highest BCUT2D eigenvalue weighted by Crippen LogP contribution is 2.20. The average molecular weight is 380 g/mol. The Kier molecular flexibility index (Phi) is 5.28. The van der Waals surface area contributed by atoms with Gasteiger partial charge in [0.1, 0.15) is 0 Å². The molecule has 0 saturated carbocycles. The van der Waals surface area contributed by atoms with E-state index in [1.807, 2.05) is 31.2 Å². The van der Waals surface area contributed by atoms with E-state index < -0.39 is 10.0 Å². The number of carbonyl (C=O) groups excluding carboxylic acids is 1. The third kappa shape index (κ3) is 4.35. The van der Waals surface area contributed by atoms with Crippen LogP contribution in [0.3, 0.4) is 0 Å². The Hall–Kier alpha value is -3.12. The number of amides is 1. The predicted molar refractivity (Wildman–Crippen MR) is 108 cm³/mol. The number of aryl methyl sites for hydroxylation is 1. The van der Waals surface area contributed by atoms with Gasteiger partial charge < -0.3 is 4.90 Å². The lowest BCUT2D eigenvalue weighted by molar-refractivity contribution is 0.0993. The minimum Gasteiger partial charge on any atom is -0.311 e. The number of nitrogens with zero attached hydrogens (tertiary/aromatic N) is 1. The second-order valence-electron chi connectivity index (χ2n) is 6.20. The smallest absolute Gasteiger partial charge is 0.261 e. The van der Waals surface area contributed by atoms with Crippen molar-refractivity contribution in [2.45, 2.75) is 11.8 Å². The molecule has 6 heteroatoms. The summed E-state index contributed by atoms with van der Waals surface area (Å²) < 4.78 is 27.4. The number of carbonyl (C=O) groups is 1. The third-order valence-corrected chi connectivity index (χ3v) is 5.54. The largest absolute Gasteiger partial charge is 0.311 e. The van der Waals surface area contributed by atoms with Crippen LogP contribution in [0.2, 0.25) is 0 Å². The molecular weight excluding hydrogens is 360 g/mol. The SMILES string of the molecule is Cc1ccc(N(C)C(=O)c2cccc(NS(=O)(=O)c3ccccc3)c2)cc1. The number of sulfonamides is 1. The first-order valence-corrected chi connectivity index (χ1v) is 9.88. The van der Waals surface area contributed by atoms with Crippen molar-refractivity contribution in [2.75, 3.05) is 16.7 Å². The van der Waals surface area contributed by atoms with Gasteiger partial charge in [-0.15, -0.1) is 0 Å². The molecule has 0 aliphatic heterocycles. The molecule has 0 aliphatic rings. The normalized spacial score (nSPS) is 11.0. The molecule has 0 atom stereocenters. The lowest BCUT2D eigenvalue weighted by Crippen LogP contribution is -2.26. The minimum atomic E-state index is -3.71. The Balaban J connectivity index is 1.83. The molecule has 138 valence electrons. The van der Waals surface area contributed by atoms with Crippen molar-refractivity contribution in [1.29, 1.82) is 0 Å². The number of nitrogens with one attached hydrogen (secondary N) is 1. The quantitative estimate of drug-likeness (QED) is 0.725. The lowest BCUT2D eigenvalue weighted by Gasteiger charge is -2.18. The van der Waals surface area contributed by atoms with E-state index >= 15 is 0 Å². The van der Waals surface area contributed by atoms with Crippen molar-refractivity contribution in [3.05, 3.63) is 90.0 Å². The van der Waals surface area contributed by atoms with Crippen LogP contribution in [0.1, 0.15) is 15.9 Å². The van der Waals surface area contributed by atoms with Gasteiger partial charge in [0.15, 0.2) is 0 Å². The fraction of sp³-hybridized carbons (Fsp3) is 0.0952. The van der Waals surface area contributed by atoms with Crippen LogP contribution in [-0.4, -0.2) is 21.4 Å². The van der Waals surface area contributed by atoms with Crippen molar-refractivity contribution in [2.24, 2.45) is 0 Å². The van der Waals surface area contributed by atoms with E-state index in [2.05, 4.69) is 4.72 Å². The molecule has 0 saturated heterocycles. The van der Waals surface area contributed by atoms with Gasteiger partial charge >= 0.3 is 0 Å². The van der Waals surface area contributed by atoms with Crippen molar-refractivity contribution in [1.82, 2.24) is 0 Å². The Morgan fingerprint density at radius 3 is 2.22 bits per heavy atom. The number of benzene rings is 3. The molecule has 0 fully saturated rings. The number of rotatable bonds is 5. The molecule has 0 bridgehead atoms. The minimum absolute atomic E-state index is 0.165. The van der Waals surface area contributed by atoms with Crippen molar-refractivity contribution in [3.8, 4) is 0 Å². The van der Waals surface area contributed by atoms with Gasteiger partial charge in [-0.05, 0) is 49.4 Å². The van der Waals surface area contributed by atoms with Crippen LogP contribution in [0.5, 0.6) is 0 Å². The summed E-state index contributed by atoms with van der Waals surface area (Å²) >= 11 is 0. The van der Waals surface area contributed by atoms with Gasteiger partial charge in [-0.25, -0.2) is 8.42 Å². The van der Waals surface area contributed by atoms with Gasteiger partial charge in [-0.1, -0.05) is 42.0 Å². The molecular formula is C21H20N2O3S. The number of hydrogen-bond acceptors (Lipinski definition) is 3. The maximum Gasteiger partial charge on any atom is 0.261 e. The molecule has 0 spiro atoms. The molecule has 3 aromatic carbocycles. The fourth-order valence-electron chi connectivity index (χ4n) is 2.61. The number of anilines is 2. The van der Waals surface area contributed by atoms with E-state index in [4.69, 9.17) is 0 Å². The maximum atomic E-state index is 12.8. The van der Waals surface area contributed by atoms with Gasteiger partial charge in [-0.2, -0.15) is 0 Å². The van der Waals surface area contributed by atoms with E-state index in [1.165, 1.54) is 23.1 Å². The molecule has 0 radical (unpaired) electrons. The Morgan fingerprint density at radius 1 is 0.889 bits per heavy atom. The highest BCUT2D eigenvalue weighted by atomic mass is 32.2. The van der Waals surface area contributed by atoms with Gasteiger partial charge in [0.25, 0.3) is 15.9 Å². The predicted octanol–water partition coefficient (Wildman–Crippen LogP) is 4.07. The molecule has 1 amide bonds. The van der Waals surface area contributed by atoms with Crippen LogP contribution < -0.4 is 9.62 Å². The summed E-state index contributed by atoms with van der Waals surface area (Å²) in [4.78, 5) is 14.5. The van der Waals surface area contributed by atoms with Gasteiger partial charge in [0.05, 0.1) is 4.90 Å². The Morgan fingerprint density at radius 2 is 1.56 bits per heavy atom. The zero-order chi connectivity index (χ0) is 19.4. The highest BCUT2D eigenvalue weighted by molar-refractivity contribution is 7.92. The lowest BCUT2D eigenvalue weighted by atomic mass is 10.1. The van der Waals surface area contributed by atoms with E-state index in [-0.39, 0.29) is 10.8 Å². The van der Waals surface area contributed by atoms with Crippen LogP contribution in [0.4, 0.5) is 11.4 Å². The van der Waals surface area contributed by atoms with E-state index in [9.17, 15) is 13.2 Å². The van der Waals surface area contributed by atoms with Crippen molar-refractivity contribution >= 4 is 27.3 Å². The van der Waals surface area contributed by atoms with Crippen LogP contribution in [0.25, 0.3) is 0 Å². The summed E-state index contributed by atoms with van der Waals surface area (Å²) in [6.07, 6.45) is 0. The van der Waals surface area contributed by atoms with Gasteiger partial charge in [0, 0.05) is 24.0 Å². The zero-order valence-corrected chi connectivity index (χ0v) is 15.9. The molecule has 0 unspecified atom stereocenters. The molecule has 3 aromatic rings. The average Bonchev–Trinajstić information content (AvgIpc) is 2.68. The van der Waals surface area contributed by atoms with Gasteiger partial charge in [-0.3, -0.25) is 9.52 Å². The van der Waals surface area contributed by atoms with E-state index in [0.717, 1.165) is 11.3 Å². The van der Waals surface area contributed by atoms with Crippen LogP contribution >= 0.6 is 0 Å². The first-order chi connectivity index (χ1) is 12.9. The second-order valence-corrected chi connectivity index (χ2v) is 7.88. The molecule has 5 nitrogen and oxygen atoms in total. The molecule has 27 heavy (non-hydrogen) atoms. The summed E-state index contributed by atoms with van der Waals surface area (Å²) in [7, 11) is -2.02.